The van der Waals surface area contributed by atoms with Crippen molar-refractivity contribution in [3.8, 4) is 0 Å². The normalized spacial score (nSPS) is 17.9. The third-order valence-corrected chi connectivity index (χ3v) is 4.09. The first-order chi connectivity index (χ1) is 13.3. The minimum absolute atomic E-state index is 0.170. The van der Waals surface area contributed by atoms with Crippen LogP contribution in [0.15, 0.2) is 0 Å². The molecule has 20 heteroatoms. The summed E-state index contributed by atoms with van der Waals surface area (Å²) < 4.78 is 124. The van der Waals surface area contributed by atoms with Crippen molar-refractivity contribution in [2.24, 2.45) is 0 Å². The Bertz CT molecular complexity index is 456. The van der Waals surface area contributed by atoms with E-state index in [2.05, 4.69) is 11.8 Å². The van der Waals surface area contributed by atoms with E-state index in [1.165, 1.54) is 0.639 Å². The summed E-state index contributed by atoms with van der Waals surface area (Å²) in [5.41, 5.74) is -0.391. The standard InChI is InChI=1S/C11H21N2O2.3BF4.K/c1-9-8-13(7-6-12(9)5)10(14)15-11(2,3)4;3*2-1(3,4)5;/h9H,5-8H2,1-4H3;;;;/q;3*-1;. The van der Waals surface area contributed by atoms with Crippen molar-refractivity contribution < 1.29 is 61.3 Å². The molecule has 1 amide bonds. The van der Waals surface area contributed by atoms with Crippen LogP contribution >= 0.6 is 0 Å². The van der Waals surface area contributed by atoms with E-state index in [4.69, 9.17) is 4.74 Å². The van der Waals surface area contributed by atoms with Gasteiger partial charge in [-0.05, 0) is 0 Å². The fraction of sp³-hybridized carbons (Fsp3) is 0.909. The molecule has 1 aliphatic heterocycles. The molecule has 1 fully saturated rings. The molecule has 1 atom stereocenters. The molecule has 0 aromatic carbocycles. The van der Waals surface area contributed by atoms with Gasteiger partial charge in [-0.15, -0.1) is 0 Å². The van der Waals surface area contributed by atoms with Crippen molar-refractivity contribution in [3.63, 3.8) is 0 Å². The molecule has 31 heavy (non-hydrogen) atoms. The average molecular weight is 513 g/mol. The maximum atomic E-state index is 11.9. The fourth-order valence-electron chi connectivity index (χ4n) is 1.96. The van der Waals surface area contributed by atoms with E-state index in [0.717, 1.165) is 68.6 Å². The number of amides is 1. The molecular weight excluding hydrogens is 492 g/mol. The van der Waals surface area contributed by atoms with Gasteiger partial charge < -0.3 is 51.8 Å². The van der Waals surface area contributed by atoms with Crippen LogP contribution in [0.2, 0.25) is 0 Å². The van der Waals surface area contributed by atoms with Crippen molar-refractivity contribution >= 4 is 76.8 Å². The van der Waals surface area contributed by atoms with Gasteiger partial charge in [-0.2, -0.15) is 0 Å². The van der Waals surface area contributed by atoms with Crippen LogP contribution in [0.4, 0.5) is 56.6 Å². The van der Waals surface area contributed by atoms with E-state index >= 15 is 0 Å². The van der Waals surface area contributed by atoms with Crippen LogP contribution in [-0.4, -0.2) is 119 Å². The summed E-state index contributed by atoms with van der Waals surface area (Å²) in [5.74, 6) is 0. The molecule has 0 aromatic rings. The van der Waals surface area contributed by atoms with Crippen LogP contribution in [0.25, 0.3) is 0 Å². The Morgan fingerprint density at radius 3 is 1.42 bits per heavy atom. The van der Waals surface area contributed by atoms with E-state index in [1.807, 2.05) is 25.7 Å². The van der Waals surface area contributed by atoms with E-state index in [1.54, 1.807) is 0 Å². The van der Waals surface area contributed by atoms with Gasteiger partial charge in [0.05, 0.1) is 0 Å². The smallest absolute Gasteiger partial charge is 0.418 e. The van der Waals surface area contributed by atoms with Crippen molar-refractivity contribution in [2.45, 2.75) is 39.3 Å². The number of hydrogen-bond acceptors (Lipinski definition) is 3. The zero-order chi connectivity index (χ0) is 25.8. The molecule has 0 aliphatic carbocycles. The first kappa shape index (κ1) is 35.8. The minimum Gasteiger partial charge on any atom is -0.418 e. The Hall–Kier alpha value is 0.221. The van der Waals surface area contributed by atoms with Crippen LogP contribution in [-0.2, 0) is 4.74 Å². The van der Waals surface area contributed by atoms with Gasteiger partial charge in [0.2, 0.25) is 0 Å². The van der Waals surface area contributed by atoms with E-state index < -0.39 is 27.4 Å². The number of carbonyl (C=O) groups excluding carboxylic acids is 1. The molecule has 0 saturated carbocycles. The second-order valence-electron chi connectivity index (χ2n) is 6.89. The van der Waals surface area contributed by atoms with Crippen molar-refractivity contribution in [1.82, 2.24) is 9.80 Å². The predicted molar refractivity (Wildman–Crippen MR) is 95.2 cm³/mol. The Kier molecular flexibility index (Phi) is 17.5. The molecule has 1 heterocycles. The molecule has 184 valence electrons. The quantitative estimate of drug-likeness (QED) is 0.368. The van der Waals surface area contributed by atoms with Gasteiger partial charge >= 0.3 is 156 Å². The number of ether oxygens (including phenoxy) is 1. The molecule has 0 aromatic heterocycles. The van der Waals surface area contributed by atoms with Crippen molar-refractivity contribution in [1.29, 1.82) is 0 Å². The number of rotatable bonds is 1. The summed E-state index contributed by atoms with van der Waals surface area (Å²) in [6.45, 7) is 10.5. The molecule has 1 aliphatic rings. The summed E-state index contributed by atoms with van der Waals surface area (Å²) in [7, 11) is -18.0. The Morgan fingerprint density at radius 2 is 1.19 bits per heavy atom. The van der Waals surface area contributed by atoms with Gasteiger partial charge in [0.15, 0.2) is 0 Å². The number of halogens is 12. The van der Waals surface area contributed by atoms with Crippen LogP contribution in [0.5, 0.6) is 0 Å². The topological polar surface area (TPSA) is 32.8 Å². The van der Waals surface area contributed by atoms with Crippen LogP contribution in [0.1, 0.15) is 27.7 Å². The first-order valence-corrected chi connectivity index (χ1v) is 10.9. The minimum atomic E-state index is -6.00. The van der Waals surface area contributed by atoms with Crippen LogP contribution < -0.4 is 0 Å². The number of piperazine rings is 1. The predicted octanol–water partition coefficient (Wildman–Crippen LogP) is 4.95. The second kappa shape index (κ2) is 15.2. The van der Waals surface area contributed by atoms with Crippen LogP contribution in [0, 0.1) is 0 Å². The molecular formula is C11H21B3F12KN2O2-3. The van der Waals surface area contributed by atoms with Gasteiger partial charge in [0.1, 0.15) is 0 Å². The fourth-order valence-corrected chi connectivity index (χ4v) is 3.42. The maximum absolute atomic E-state index is 11.9. The summed E-state index contributed by atoms with van der Waals surface area (Å²) in [5, 5.41) is 0. The number of carbonyl (C=O) groups is 1. The molecule has 0 spiro atoms. The maximum Gasteiger partial charge on any atom is 0.673 e. The number of nitrogens with zero attached hydrogens (tertiary/aromatic N) is 2. The average Bonchev–Trinajstić information content (AvgIpc) is 2.39. The van der Waals surface area contributed by atoms with Gasteiger partial charge in [0, 0.05) is 0 Å². The summed E-state index contributed by atoms with van der Waals surface area (Å²) in [6.07, 6.45) is -0.170. The summed E-state index contributed by atoms with van der Waals surface area (Å²) in [4.78, 5) is 16.1. The Labute approximate surface area is 206 Å². The Morgan fingerprint density at radius 1 is 0.871 bits per heavy atom. The monoisotopic (exact) mass is 513 g/mol. The largest absolute Gasteiger partial charge is 0.673 e. The van der Waals surface area contributed by atoms with Crippen molar-refractivity contribution in [3.05, 3.63) is 0 Å². The van der Waals surface area contributed by atoms with Gasteiger partial charge in [-0.25, -0.2) is 0 Å². The third-order valence-electron chi connectivity index (χ3n) is 2.82. The molecule has 1 rings (SSSR count). The molecule has 0 bridgehead atoms. The number of hydrogen-bond donors (Lipinski definition) is 0. The molecule has 1 unspecified atom stereocenters. The zero-order valence-corrected chi connectivity index (χ0v) is 20.5. The molecule has 0 N–H and O–H groups in total. The van der Waals surface area contributed by atoms with Crippen molar-refractivity contribution in [2.75, 3.05) is 20.3 Å². The van der Waals surface area contributed by atoms with Gasteiger partial charge in [0.25, 0.3) is 0 Å². The van der Waals surface area contributed by atoms with Gasteiger partial charge in [-0.3, -0.25) is 0 Å². The molecule has 1 saturated heterocycles. The SMILES string of the molecule is CC1CN(C(=O)OC(C)(C)C)CCN1[CH2][K].F[B-](F)(F)F.F[B-](F)(F)F.F[B-](F)(F)F. The summed E-state index contributed by atoms with van der Waals surface area (Å²) in [6, 6.07) is 0.469. The molecule has 4 nitrogen and oxygen atoms in total. The third kappa shape index (κ3) is 41.0. The zero-order valence-electron chi connectivity index (χ0n) is 17.4. The first-order valence-electron chi connectivity index (χ1n) is 8.67. The second-order valence-corrected chi connectivity index (χ2v) is 7.88. The Balaban J connectivity index is -0.000000428. The van der Waals surface area contributed by atoms with Crippen LogP contribution in [0.3, 0.4) is 0 Å². The van der Waals surface area contributed by atoms with E-state index in [-0.39, 0.29) is 6.09 Å². The summed E-state index contributed by atoms with van der Waals surface area (Å²) >= 11 is 0.856. The van der Waals surface area contributed by atoms with E-state index in [0.29, 0.717) is 6.04 Å². The van der Waals surface area contributed by atoms with E-state index in [9.17, 15) is 56.6 Å². The van der Waals surface area contributed by atoms with Gasteiger partial charge in [-0.1, -0.05) is 0 Å². The molecule has 0 radical (unpaired) electrons.